The van der Waals surface area contributed by atoms with E-state index in [1.54, 1.807) is 0 Å². The van der Waals surface area contributed by atoms with Crippen molar-refractivity contribution in [2.24, 2.45) is 0 Å². The normalized spacial score (nSPS) is 10.1. The largest absolute Gasteiger partial charge is 0.352 e. The molecule has 1 aromatic heterocycles. The number of benzene rings is 1. The third-order valence-electron chi connectivity index (χ3n) is 2.15. The van der Waals surface area contributed by atoms with Gasteiger partial charge in [0.15, 0.2) is 0 Å². The first-order chi connectivity index (χ1) is 7.75. The van der Waals surface area contributed by atoms with Crippen LogP contribution >= 0.6 is 11.5 Å². The summed E-state index contributed by atoms with van der Waals surface area (Å²) in [5.41, 5.74) is 3.00. The first-order valence-corrected chi connectivity index (χ1v) is 5.70. The molecule has 0 radical (unpaired) electrons. The van der Waals surface area contributed by atoms with Crippen molar-refractivity contribution in [2.45, 2.75) is 13.5 Å². The van der Waals surface area contributed by atoms with Crippen LogP contribution in [0.1, 0.15) is 12.5 Å². The van der Waals surface area contributed by atoms with E-state index >= 15 is 0 Å². The summed E-state index contributed by atoms with van der Waals surface area (Å²) in [5, 5.41) is 8.65. The van der Waals surface area contributed by atoms with Gasteiger partial charge in [-0.2, -0.15) is 0 Å². The molecule has 0 atom stereocenters. The Morgan fingerprint density at radius 2 is 2.12 bits per heavy atom. The Balaban J connectivity index is 2.08. The molecule has 1 N–H and O–H groups in total. The highest BCUT2D eigenvalue weighted by Crippen LogP contribution is 2.17. The van der Waals surface area contributed by atoms with Crippen molar-refractivity contribution in [2.75, 3.05) is 0 Å². The van der Waals surface area contributed by atoms with Gasteiger partial charge in [-0.15, -0.1) is 5.10 Å². The molecule has 2 aromatic rings. The van der Waals surface area contributed by atoms with Gasteiger partial charge in [-0.3, -0.25) is 4.79 Å². The number of hydrogen-bond acceptors (Lipinski definition) is 4. The summed E-state index contributed by atoms with van der Waals surface area (Å²) in [7, 11) is 0. The van der Waals surface area contributed by atoms with E-state index < -0.39 is 0 Å². The molecule has 0 spiro atoms. The fraction of sp³-hybridized carbons (Fsp3) is 0.182. The van der Waals surface area contributed by atoms with E-state index in [9.17, 15) is 4.79 Å². The number of aromatic nitrogens is 2. The van der Waals surface area contributed by atoms with Crippen molar-refractivity contribution < 1.29 is 4.79 Å². The van der Waals surface area contributed by atoms with Crippen molar-refractivity contribution in [3.8, 4) is 11.3 Å². The number of nitrogens with one attached hydrogen (secondary N) is 1. The van der Waals surface area contributed by atoms with Crippen molar-refractivity contribution in [1.29, 1.82) is 0 Å². The highest BCUT2D eigenvalue weighted by molar-refractivity contribution is 7.03. The minimum Gasteiger partial charge on any atom is -0.352 e. The van der Waals surface area contributed by atoms with Gasteiger partial charge in [-0.1, -0.05) is 28.8 Å². The zero-order valence-electron chi connectivity index (χ0n) is 8.80. The number of hydrogen-bond donors (Lipinski definition) is 1. The molecule has 82 valence electrons. The SMILES string of the molecule is CC(=O)NCc1ccc(-c2csnn2)cc1. The van der Waals surface area contributed by atoms with E-state index in [0.29, 0.717) is 6.54 Å². The van der Waals surface area contributed by atoms with Crippen molar-refractivity contribution in [3.63, 3.8) is 0 Å². The second-order valence-electron chi connectivity index (χ2n) is 3.40. The van der Waals surface area contributed by atoms with E-state index in [0.717, 1.165) is 16.8 Å². The summed E-state index contributed by atoms with van der Waals surface area (Å²) in [4.78, 5) is 10.7. The average Bonchev–Trinajstić information content (AvgIpc) is 2.80. The number of rotatable bonds is 3. The van der Waals surface area contributed by atoms with Crippen LogP contribution in [0.5, 0.6) is 0 Å². The van der Waals surface area contributed by atoms with Crippen LogP contribution in [-0.4, -0.2) is 15.5 Å². The van der Waals surface area contributed by atoms with Gasteiger partial charge in [0, 0.05) is 24.4 Å². The molecule has 0 saturated carbocycles. The predicted octanol–water partition coefficient (Wildman–Crippen LogP) is 1.84. The monoisotopic (exact) mass is 233 g/mol. The molecule has 0 aliphatic rings. The van der Waals surface area contributed by atoms with Crippen molar-refractivity contribution >= 4 is 17.4 Å². The van der Waals surface area contributed by atoms with E-state index in [1.807, 2.05) is 29.6 Å². The smallest absolute Gasteiger partial charge is 0.217 e. The van der Waals surface area contributed by atoms with Crippen LogP contribution in [0.15, 0.2) is 29.6 Å². The molecule has 0 aliphatic carbocycles. The van der Waals surface area contributed by atoms with Gasteiger partial charge in [0.2, 0.25) is 5.91 Å². The van der Waals surface area contributed by atoms with Crippen LogP contribution in [0.25, 0.3) is 11.3 Å². The zero-order valence-corrected chi connectivity index (χ0v) is 9.62. The van der Waals surface area contributed by atoms with Gasteiger partial charge in [-0.25, -0.2) is 0 Å². The third kappa shape index (κ3) is 2.64. The van der Waals surface area contributed by atoms with Crippen molar-refractivity contribution in [3.05, 3.63) is 35.2 Å². The molecule has 1 amide bonds. The Kier molecular flexibility index (Phi) is 3.26. The Hall–Kier alpha value is -1.75. The third-order valence-corrected chi connectivity index (χ3v) is 2.66. The lowest BCUT2D eigenvalue weighted by molar-refractivity contribution is -0.119. The predicted molar refractivity (Wildman–Crippen MR) is 62.9 cm³/mol. The second-order valence-corrected chi connectivity index (χ2v) is 4.01. The summed E-state index contributed by atoms with van der Waals surface area (Å²) >= 11 is 1.33. The van der Waals surface area contributed by atoms with Crippen LogP contribution in [0.3, 0.4) is 0 Å². The van der Waals surface area contributed by atoms with Crippen LogP contribution in [0.4, 0.5) is 0 Å². The number of carbonyl (C=O) groups excluding carboxylic acids is 1. The minimum absolute atomic E-state index is 0.0206. The van der Waals surface area contributed by atoms with Gasteiger partial charge in [0.25, 0.3) is 0 Å². The average molecular weight is 233 g/mol. The summed E-state index contributed by atoms with van der Waals surface area (Å²) in [6.45, 7) is 2.07. The first kappa shape index (κ1) is 10.8. The Morgan fingerprint density at radius 1 is 1.38 bits per heavy atom. The summed E-state index contributed by atoms with van der Waals surface area (Å²) in [6, 6.07) is 7.91. The lowest BCUT2D eigenvalue weighted by Gasteiger charge is -2.03. The van der Waals surface area contributed by atoms with Crippen LogP contribution in [-0.2, 0) is 11.3 Å². The Labute approximate surface area is 97.5 Å². The summed E-state index contributed by atoms with van der Waals surface area (Å²) in [6.07, 6.45) is 0. The molecule has 0 aliphatic heterocycles. The van der Waals surface area contributed by atoms with Crippen LogP contribution in [0, 0.1) is 0 Å². The highest BCUT2D eigenvalue weighted by Gasteiger charge is 2.00. The molecule has 1 aromatic carbocycles. The minimum atomic E-state index is -0.0206. The molecule has 0 fully saturated rings. The number of nitrogens with zero attached hydrogens (tertiary/aromatic N) is 2. The maximum atomic E-state index is 10.7. The van der Waals surface area contributed by atoms with E-state index in [1.165, 1.54) is 18.5 Å². The van der Waals surface area contributed by atoms with Gasteiger partial charge in [-0.05, 0) is 17.1 Å². The molecule has 16 heavy (non-hydrogen) atoms. The summed E-state index contributed by atoms with van der Waals surface area (Å²) in [5.74, 6) is -0.0206. The van der Waals surface area contributed by atoms with Gasteiger partial charge in [0.05, 0.1) is 0 Å². The lowest BCUT2D eigenvalue weighted by atomic mass is 10.1. The maximum absolute atomic E-state index is 10.7. The molecular formula is C11H11N3OS. The topological polar surface area (TPSA) is 54.9 Å². The molecule has 0 unspecified atom stereocenters. The zero-order chi connectivity index (χ0) is 11.4. The Bertz CT molecular complexity index is 464. The molecule has 4 nitrogen and oxygen atoms in total. The van der Waals surface area contributed by atoms with Gasteiger partial charge in [0.1, 0.15) is 5.69 Å². The molecular weight excluding hydrogens is 222 g/mol. The van der Waals surface area contributed by atoms with Crippen molar-refractivity contribution in [1.82, 2.24) is 14.9 Å². The lowest BCUT2D eigenvalue weighted by Crippen LogP contribution is -2.18. The quantitative estimate of drug-likeness (QED) is 0.880. The molecule has 5 heteroatoms. The fourth-order valence-corrected chi connectivity index (χ4v) is 1.78. The molecule has 1 heterocycles. The number of carbonyl (C=O) groups is 1. The maximum Gasteiger partial charge on any atom is 0.217 e. The number of amides is 1. The van der Waals surface area contributed by atoms with Crippen LogP contribution in [0.2, 0.25) is 0 Å². The second kappa shape index (κ2) is 4.85. The van der Waals surface area contributed by atoms with Gasteiger partial charge >= 0.3 is 0 Å². The fourth-order valence-electron chi connectivity index (χ4n) is 1.31. The highest BCUT2D eigenvalue weighted by atomic mass is 32.1. The van der Waals surface area contributed by atoms with Crippen LogP contribution < -0.4 is 5.32 Å². The molecule has 2 rings (SSSR count). The molecule has 0 saturated heterocycles. The standard InChI is InChI=1S/C11H11N3OS/c1-8(15)12-6-9-2-4-10(5-3-9)11-7-16-14-13-11/h2-5,7H,6H2,1H3,(H,12,15). The molecule has 0 bridgehead atoms. The summed E-state index contributed by atoms with van der Waals surface area (Å²) < 4.78 is 3.82. The van der Waals surface area contributed by atoms with E-state index in [-0.39, 0.29) is 5.91 Å². The van der Waals surface area contributed by atoms with E-state index in [2.05, 4.69) is 14.9 Å². The van der Waals surface area contributed by atoms with E-state index in [4.69, 9.17) is 0 Å². The first-order valence-electron chi connectivity index (χ1n) is 4.86. The van der Waals surface area contributed by atoms with Gasteiger partial charge < -0.3 is 5.32 Å². The Morgan fingerprint density at radius 3 is 2.69 bits per heavy atom.